The second kappa shape index (κ2) is 6.46. The van der Waals surface area contributed by atoms with Crippen molar-refractivity contribution in [2.75, 3.05) is 11.9 Å². The summed E-state index contributed by atoms with van der Waals surface area (Å²) < 4.78 is 0.484. The predicted octanol–water partition coefficient (Wildman–Crippen LogP) is 2.00. The number of pyridine rings is 1. The molecule has 1 aromatic rings. The number of halogens is 1. The average Bonchev–Trinajstić information content (AvgIpc) is 2.34. The van der Waals surface area contributed by atoms with Gasteiger partial charge in [-0.05, 0) is 36.7 Å². The number of aromatic nitrogens is 1. The van der Waals surface area contributed by atoms with E-state index in [1.54, 1.807) is 13.8 Å². The van der Waals surface area contributed by atoms with Crippen LogP contribution in [0, 0.1) is 17.0 Å². The molecule has 0 spiro atoms. The first-order chi connectivity index (χ1) is 8.88. The van der Waals surface area contributed by atoms with Crippen LogP contribution in [0.3, 0.4) is 0 Å². The van der Waals surface area contributed by atoms with E-state index in [2.05, 4.69) is 31.5 Å². The quantitative estimate of drug-likeness (QED) is 0.635. The maximum atomic E-state index is 11.6. The molecule has 1 atom stereocenters. The molecule has 7 nitrogen and oxygen atoms in total. The Bertz CT molecular complexity index is 507. The lowest BCUT2D eigenvalue weighted by Crippen LogP contribution is -2.37. The Morgan fingerprint density at radius 2 is 2.26 bits per heavy atom. The van der Waals surface area contributed by atoms with Crippen molar-refractivity contribution < 1.29 is 9.72 Å². The van der Waals surface area contributed by atoms with E-state index >= 15 is 0 Å². The predicted molar refractivity (Wildman–Crippen MR) is 75.1 cm³/mol. The number of carbonyl (C=O) groups is 1. The Hall–Kier alpha value is -1.70. The van der Waals surface area contributed by atoms with E-state index < -0.39 is 11.0 Å². The summed E-state index contributed by atoms with van der Waals surface area (Å²) in [5.74, 6) is 0.244. The van der Waals surface area contributed by atoms with Crippen LogP contribution in [0.2, 0.25) is 0 Å². The van der Waals surface area contributed by atoms with Gasteiger partial charge in [-0.25, -0.2) is 4.98 Å². The third kappa shape index (κ3) is 3.63. The molecular weight excluding hydrogens is 316 g/mol. The van der Waals surface area contributed by atoms with Crippen molar-refractivity contribution in [1.29, 1.82) is 0 Å². The summed E-state index contributed by atoms with van der Waals surface area (Å²) >= 11 is 3.25. The maximum absolute atomic E-state index is 11.6. The van der Waals surface area contributed by atoms with Crippen molar-refractivity contribution in [3.63, 3.8) is 0 Å². The van der Waals surface area contributed by atoms with Crippen LogP contribution in [0.15, 0.2) is 10.7 Å². The Labute approximate surface area is 119 Å². The molecule has 0 fully saturated rings. The van der Waals surface area contributed by atoms with Crippen LogP contribution in [0.5, 0.6) is 0 Å². The fourth-order valence-corrected chi connectivity index (χ4v) is 1.87. The number of nitro groups is 1. The van der Waals surface area contributed by atoms with Crippen LogP contribution in [0.25, 0.3) is 0 Å². The molecule has 8 heteroatoms. The van der Waals surface area contributed by atoms with Gasteiger partial charge in [0, 0.05) is 12.1 Å². The minimum Gasteiger partial charge on any atom is -0.358 e. The number of nitrogens with zero attached hydrogens (tertiary/aromatic N) is 2. The Kier molecular flexibility index (Phi) is 5.22. The highest BCUT2D eigenvalue weighted by molar-refractivity contribution is 9.10. The van der Waals surface area contributed by atoms with Gasteiger partial charge < -0.3 is 10.6 Å². The topological polar surface area (TPSA) is 97.2 Å². The zero-order valence-electron chi connectivity index (χ0n) is 10.9. The molecule has 1 rings (SSSR count). The van der Waals surface area contributed by atoms with Crippen LogP contribution in [0.1, 0.15) is 19.4 Å². The lowest BCUT2D eigenvalue weighted by molar-refractivity contribution is -0.385. The largest absolute Gasteiger partial charge is 0.358 e. The van der Waals surface area contributed by atoms with E-state index in [4.69, 9.17) is 0 Å². The number of anilines is 1. The van der Waals surface area contributed by atoms with Gasteiger partial charge >= 0.3 is 0 Å². The fourth-order valence-electron chi connectivity index (χ4n) is 1.45. The molecule has 1 unspecified atom stereocenters. The normalized spacial score (nSPS) is 11.8. The summed E-state index contributed by atoms with van der Waals surface area (Å²) in [6.45, 7) is 5.68. The lowest BCUT2D eigenvalue weighted by Gasteiger charge is -2.15. The van der Waals surface area contributed by atoms with Crippen LogP contribution in [-0.2, 0) is 4.79 Å². The van der Waals surface area contributed by atoms with Gasteiger partial charge in [-0.3, -0.25) is 14.9 Å². The zero-order valence-corrected chi connectivity index (χ0v) is 12.4. The van der Waals surface area contributed by atoms with Gasteiger partial charge in [0.1, 0.15) is 18.1 Å². The van der Waals surface area contributed by atoms with E-state index in [-0.39, 0.29) is 11.6 Å². The zero-order chi connectivity index (χ0) is 14.6. The molecule has 1 amide bonds. The molecule has 0 saturated heterocycles. The molecule has 0 aliphatic heterocycles. The van der Waals surface area contributed by atoms with Crippen molar-refractivity contribution in [3.8, 4) is 0 Å². The molecule has 1 aromatic heterocycles. The van der Waals surface area contributed by atoms with Crippen molar-refractivity contribution in [2.24, 2.45) is 0 Å². The summed E-state index contributed by atoms with van der Waals surface area (Å²) in [4.78, 5) is 25.8. The Morgan fingerprint density at radius 1 is 1.63 bits per heavy atom. The molecule has 0 radical (unpaired) electrons. The fraction of sp³-hybridized carbons (Fsp3) is 0.455. The van der Waals surface area contributed by atoms with Gasteiger partial charge in [-0.1, -0.05) is 0 Å². The summed E-state index contributed by atoms with van der Waals surface area (Å²) in [6, 6.07) is -0.482. The summed E-state index contributed by atoms with van der Waals surface area (Å²) in [5, 5.41) is 16.3. The SMILES string of the molecule is CCNC(=O)C(C)Nc1ncc([N+](=O)[O-])c(C)c1Br. The van der Waals surface area contributed by atoms with Crippen LogP contribution >= 0.6 is 15.9 Å². The maximum Gasteiger partial charge on any atom is 0.291 e. The molecule has 0 aromatic carbocycles. The molecule has 0 bridgehead atoms. The number of amides is 1. The van der Waals surface area contributed by atoms with Gasteiger partial charge in [-0.15, -0.1) is 0 Å². The first kappa shape index (κ1) is 15.4. The lowest BCUT2D eigenvalue weighted by atomic mass is 10.2. The van der Waals surface area contributed by atoms with Gasteiger partial charge in [0.2, 0.25) is 5.91 Å². The molecule has 1 heterocycles. The highest BCUT2D eigenvalue weighted by Gasteiger charge is 2.19. The molecule has 0 aliphatic rings. The summed E-state index contributed by atoms with van der Waals surface area (Å²) in [6.07, 6.45) is 1.17. The van der Waals surface area contributed by atoms with Crippen molar-refractivity contribution in [3.05, 3.63) is 26.3 Å². The number of hydrogen-bond acceptors (Lipinski definition) is 5. The summed E-state index contributed by atoms with van der Waals surface area (Å²) in [5.41, 5.74) is 0.397. The standard InChI is InChI=1S/C11H15BrN4O3/c1-4-13-11(17)7(3)15-10-9(12)6(2)8(5-14-10)16(18)19/h5,7H,4H2,1-3H3,(H,13,17)(H,14,15). The van der Waals surface area contributed by atoms with Gasteiger partial charge in [0.15, 0.2) is 0 Å². The molecule has 2 N–H and O–H groups in total. The van der Waals surface area contributed by atoms with Gasteiger partial charge in [-0.2, -0.15) is 0 Å². The monoisotopic (exact) mass is 330 g/mol. The second-order valence-corrected chi connectivity index (χ2v) is 4.74. The van der Waals surface area contributed by atoms with E-state index in [0.29, 0.717) is 22.4 Å². The van der Waals surface area contributed by atoms with E-state index in [9.17, 15) is 14.9 Å². The highest BCUT2D eigenvalue weighted by atomic mass is 79.9. The number of rotatable bonds is 5. The first-order valence-electron chi connectivity index (χ1n) is 5.72. The third-order valence-corrected chi connectivity index (χ3v) is 3.50. The molecule has 19 heavy (non-hydrogen) atoms. The minimum atomic E-state index is -0.496. The molecule has 0 aliphatic carbocycles. The van der Waals surface area contributed by atoms with Crippen LogP contribution in [0.4, 0.5) is 11.5 Å². The van der Waals surface area contributed by atoms with Crippen molar-refractivity contribution in [2.45, 2.75) is 26.8 Å². The van der Waals surface area contributed by atoms with Crippen molar-refractivity contribution >= 4 is 33.3 Å². The van der Waals surface area contributed by atoms with Crippen molar-refractivity contribution in [1.82, 2.24) is 10.3 Å². The number of carbonyl (C=O) groups excluding carboxylic acids is 1. The average molecular weight is 331 g/mol. The van der Waals surface area contributed by atoms with Gasteiger partial charge in [0.25, 0.3) is 5.69 Å². The van der Waals surface area contributed by atoms with E-state index in [1.807, 2.05) is 6.92 Å². The number of likely N-dealkylation sites (N-methyl/N-ethyl adjacent to an activating group) is 1. The molecule has 104 valence electrons. The minimum absolute atomic E-state index is 0.0666. The highest BCUT2D eigenvalue weighted by Crippen LogP contribution is 2.30. The number of hydrogen-bond donors (Lipinski definition) is 2. The van der Waals surface area contributed by atoms with E-state index in [1.165, 1.54) is 6.20 Å². The molecular formula is C11H15BrN4O3. The Morgan fingerprint density at radius 3 is 2.79 bits per heavy atom. The molecule has 0 saturated carbocycles. The summed E-state index contributed by atoms with van der Waals surface area (Å²) in [7, 11) is 0. The first-order valence-corrected chi connectivity index (χ1v) is 6.51. The number of nitrogens with one attached hydrogen (secondary N) is 2. The third-order valence-electron chi connectivity index (χ3n) is 2.53. The van der Waals surface area contributed by atoms with E-state index in [0.717, 1.165) is 0 Å². The smallest absolute Gasteiger partial charge is 0.291 e. The second-order valence-electron chi connectivity index (χ2n) is 3.95. The van der Waals surface area contributed by atoms with Gasteiger partial charge in [0.05, 0.1) is 9.40 Å². The van der Waals surface area contributed by atoms with Crippen LogP contribution < -0.4 is 10.6 Å². The Balaban J connectivity index is 2.95. The van der Waals surface area contributed by atoms with Crippen LogP contribution in [-0.4, -0.2) is 28.4 Å².